The molecule has 7 nitrogen and oxygen atoms in total. The second kappa shape index (κ2) is 10.8. The largest absolute Gasteiger partial charge is 0.492 e. The van der Waals surface area contributed by atoms with Gasteiger partial charge in [0.15, 0.2) is 0 Å². The molecule has 0 spiro atoms. The van der Waals surface area contributed by atoms with Gasteiger partial charge in [0.1, 0.15) is 24.1 Å². The monoisotopic (exact) mass is 474 g/mol. The Bertz CT molecular complexity index is 1160. The van der Waals surface area contributed by atoms with Crippen LogP contribution in [0.1, 0.15) is 56.6 Å². The number of hydrogen-bond donors (Lipinski definition) is 0. The van der Waals surface area contributed by atoms with Crippen molar-refractivity contribution in [3.05, 3.63) is 53.6 Å². The lowest BCUT2D eigenvalue weighted by Gasteiger charge is -2.32. The second-order valence-electron chi connectivity index (χ2n) is 11.1. The predicted octanol–water partition coefficient (Wildman–Crippen LogP) is 4.67. The zero-order valence-electron chi connectivity index (χ0n) is 21.8. The Hall–Kier alpha value is -2.95. The smallest absolute Gasteiger partial charge is 0.234 e. The molecule has 7 heteroatoms. The van der Waals surface area contributed by atoms with E-state index in [4.69, 9.17) is 4.74 Å². The molecule has 186 valence electrons. The molecule has 0 amide bonds. The zero-order chi connectivity index (χ0) is 25.0. The summed E-state index contributed by atoms with van der Waals surface area (Å²) in [5, 5.41) is 10.6. The summed E-state index contributed by atoms with van der Waals surface area (Å²) in [4.78, 5) is 13.7. The number of hydrogen-bond acceptors (Lipinski definition) is 6. The van der Waals surface area contributed by atoms with Crippen molar-refractivity contribution in [1.29, 1.82) is 5.26 Å². The Kier molecular flexibility index (Phi) is 7.73. The van der Waals surface area contributed by atoms with Crippen molar-refractivity contribution >= 4 is 11.0 Å². The van der Waals surface area contributed by atoms with Crippen molar-refractivity contribution in [2.75, 3.05) is 40.3 Å². The van der Waals surface area contributed by atoms with Gasteiger partial charge < -0.3 is 14.2 Å². The van der Waals surface area contributed by atoms with Crippen molar-refractivity contribution in [3.8, 4) is 11.8 Å². The quantitative estimate of drug-likeness (QED) is 0.473. The van der Waals surface area contributed by atoms with Crippen molar-refractivity contribution in [2.24, 2.45) is 5.41 Å². The summed E-state index contributed by atoms with van der Waals surface area (Å²) < 4.78 is 7.99. The minimum atomic E-state index is 0.127. The third kappa shape index (κ3) is 6.59. The van der Waals surface area contributed by atoms with Gasteiger partial charge >= 0.3 is 0 Å². The van der Waals surface area contributed by atoms with Gasteiger partial charge in [0.05, 0.1) is 5.69 Å². The maximum atomic E-state index is 9.53. The van der Waals surface area contributed by atoms with Crippen LogP contribution in [0.15, 0.2) is 36.5 Å². The predicted molar refractivity (Wildman–Crippen MR) is 139 cm³/mol. The van der Waals surface area contributed by atoms with Crippen LogP contribution in [0.3, 0.4) is 0 Å². The Morgan fingerprint density at radius 2 is 1.80 bits per heavy atom. The van der Waals surface area contributed by atoms with Crippen molar-refractivity contribution < 1.29 is 4.74 Å². The van der Waals surface area contributed by atoms with Gasteiger partial charge in [-0.1, -0.05) is 32.9 Å². The number of piperidine rings is 1. The molecule has 1 saturated heterocycles. The highest BCUT2D eigenvalue weighted by Gasteiger charge is 2.23. The second-order valence-corrected chi connectivity index (χ2v) is 11.1. The van der Waals surface area contributed by atoms with E-state index >= 15 is 0 Å². The summed E-state index contributed by atoms with van der Waals surface area (Å²) in [6.07, 6.45) is 4.31. The van der Waals surface area contributed by atoms with Gasteiger partial charge in [-0.3, -0.25) is 4.90 Å². The zero-order valence-corrected chi connectivity index (χ0v) is 21.8. The molecule has 0 bridgehead atoms. The van der Waals surface area contributed by atoms with E-state index in [0.29, 0.717) is 12.5 Å². The lowest BCUT2D eigenvalue weighted by atomic mass is 9.89. The summed E-state index contributed by atoms with van der Waals surface area (Å²) in [6.45, 7) is 11.9. The van der Waals surface area contributed by atoms with Gasteiger partial charge in [-0.2, -0.15) is 5.26 Å². The number of rotatable bonds is 8. The number of benzene rings is 1. The lowest BCUT2D eigenvalue weighted by Crippen LogP contribution is -2.33. The van der Waals surface area contributed by atoms with E-state index in [-0.39, 0.29) is 11.2 Å². The minimum absolute atomic E-state index is 0.127. The van der Waals surface area contributed by atoms with E-state index in [2.05, 4.69) is 102 Å². The van der Waals surface area contributed by atoms with E-state index in [0.717, 1.165) is 68.0 Å². The number of aromatic nitrogens is 3. The maximum absolute atomic E-state index is 9.53. The molecule has 4 rings (SSSR count). The number of nitriles is 1. The topological polar surface area (TPSA) is 70.2 Å². The lowest BCUT2D eigenvalue weighted by molar-refractivity contribution is 0.203. The number of ether oxygens (including phenoxy) is 1. The Labute approximate surface area is 209 Å². The molecule has 1 aromatic carbocycles. The first-order valence-corrected chi connectivity index (χ1v) is 12.6. The van der Waals surface area contributed by atoms with Crippen molar-refractivity contribution in [2.45, 2.75) is 52.6 Å². The highest BCUT2D eigenvalue weighted by molar-refractivity contribution is 5.79. The first-order chi connectivity index (χ1) is 16.7. The summed E-state index contributed by atoms with van der Waals surface area (Å²) >= 11 is 0. The summed E-state index contributed by atoms with van der Waals surface area (Å²) in [7, 11) is 4.11. The molecule has 35 heavy (non-hydrogen) atoms. The Balaban J connectivity index is 1.39. The molecule has 3 aromatic rings. The SMILES string of the molecule is CN(C)CCOc1ccc(C2CCN(Cc3nc(C#N)nc4c3ccn4CC(C)(C)C)CC2)cc1. The van der Waals surface area contributed by atoms with E-state index < -0.39 is 0 Å². The molecular weight excluding hydrogens is 436 g/mol. The van der Waals surface area contributed by atoms with Crippen molar-refractivity contribution in [1.82, 2.24) is 24.3 Å². The fraction of sp³-hybridized carbons (Fsp3) is 0.536. The van der Waals surface area contributed by atoms with E-state index in [9.17, 15) is 5.26 Å². The van der Waals surface area contributed by atoms with Crippen LogP contribution < -0.4 is 4.74 Å². The maximum Gasteiger partial charge on any atom is 0.234 e. The highest BCUT2D eigenvalue weighted by atomic mass is 16.5. The van der Waals surface area contributed by atoms with Gasteiger partial charge in [0.2, 0.25) is 5.82 Å². The molecule has 0 unspecified atom stereocenters. The van der Waals surface area contributed by atoms with E-state index in [1.807, 2.05) is 0 Å². The third-order valence-electron chi connectivity index (χ3n) is 6.56. The number of fused-ring (bicyclic) bond motifs is 1. The van der Waals surface area contributed by atoms with Crippen LogP contribution in [0.2, 0.25) is 0 Å². The molecule has 1 fully saturated rings. The molecule has 2 aromatic heterocycles. The average molecular weight is 475 g/mol. The Morgan fingerprint density at radius 1 is 1.09 bits per heavy atom. The Morgan fingerprint density at radius 3 is 2.43 bits per heavy atom. The molecule has 0 aliphatic carbocycles. The molecule has 1 aliphatic rings. The molecule has 0 N–H and O–H groups in total. The first-order valence-electron chi connectivity index (χ1n) is 12.6. The van der Waals surface area contributed by atoms with Crippen LogP contribution in [0.25, 0.3) is 11.0 Å². The summed E-state index contributed by atoms with van der Waals surface area (Å²) in [5.41, 5.74) is 3.34. The van der Waals surface area contributed by atoms with Crippen LogP contribution in [0, 0.1) is 16.7 Å². The first kappa shape index (κ1) is 25.2. The van der Waals surface area contributed by atoms with Crippen LogP contribution in [0.5, 0.6) is 5.75 Å². The highest BCUT2D eigenvalue weighted by Crippen LogP contribution is 2.31. The standard InChI is InChI=1S/C28H38N6O/c1-28(2,3)20-34-15-12-24-25(30-26(18-29)31-27(24)34)19-33-13-10-22(11-14-33)21-6-8-23(9-7-21)35-17-16-32(4)5/h6-9,12,15,22H,10-11,13-14,16-17,19-20H2,1-5H3. The van der Waals surface area contributed by atoms with Crippen LogP contribution >= 0.6 is 0 Å². The third-order valence-corrected chi connectivity index (χ3v) is 6.56. The number of likely N-dealkylation sites (tertiary alicyclic amines) is 1. The molecular formula is C28H38N6O. The van der Waals surface area contributed by atoms with Crippen LogP contribution in [0.4, 0.5) is 0 Å². The van der Waals surface area contributed by atoms with Gasteiger partial charge in [0.25, 0.3) is 0 Å². The average Bonchev–Trinajstić information content (AvgIpc) is 3.21. The van der Waals surface area contributed by atoms with E-state index in [1.165, 1.54) is 5.56 Å². The molecule has 0 saturated carbocycles. The van der Waals surface area contributed by atoms with Gasteiger partial charge in [-0.25, -0.2) is 9.97 Å². The fourth-order valence-electron chi connectivity index (χ4n) is 4.76. The van der Waals surface area contributed by atoms with Gasteiger partial charge in [-0.15, -0.1) is 0 Å². The molecule has 1 aliphatic heterocycles. The molecule has 3 heterocycles. The van der Waals surface area contributed by atoms with Crippen LogP contribution in [-0.4, -0.2) is 64.7 Å². The number of nitrogens with zero attached hydrogens (tertiary/aromatic N) is 6. The van der Waals surface area contributed by atoms with Crippen molar-refractivity contribution in [3.63, 3.8) is 0 Å². The minimum Gasteiger partial charge on any atom is -0.492 e. The fourth-order valence-corrected chi connectivity index (χ4v) is 4.76. The normalized spacial score (nSPS) is 15.6. The summed E-state index contributed by atoms with van der Waals surface area (Å²) in [6, 6.07) is 12.9. The molecule has 0 radical (unpaired) electrons. The summed E-state index contributed by atoms with van der Waals surface area (Å²) in [5.74, 6) is 1.76. The molecule has 0 atom stereocenters. The van der Waals surface area contributed by atoms with Gasteiger partial charge in [-0.05, 0) is 75.1 Å². The van der Waals surface area contributed by atoms with Crippen LogP contribution in [-0.2, 0) is 13.1 Å². The number of likely N-dealkylation sites (N-methyl/N-ethyl adjacent to an activating group) is 1. The van der Waals surface area contributed by atoms with Gasteiger partial charge in [0, 0.05) is 31.2 Å². The van der Waals surface area contributed by atoms with E-state index in [1.54, 1.807) is 0 Å².